The Morgan fingerprint density at radius 2 is 1.95 bits per heavy atom. The van der Waals surface area contributed by atoms with Crippen LogP contribution in [-0.2, 0) is 25.7 Å². The van der Waals surface area contributed by atoms with Gasteiger partial charge in [0.25, 0.3) is 5.91 Å². The van der Waals surface area contributed by atoms with Crippen LogP contribution in [0, 0.1) is 11.3 Å². The first-order valence-electron chi connectivity index (χ1n) is 12.2. The number of imidazole rings is 1. The lowest BCUT2D eigenvalue weighted by Gasteiger charge is -2.12. The molecule has 0 fully saturated rings. The van der Waals surface area contributed by atoms with Gasteiger partial charge in [-0.3, -0.25) is 18.6 Å². The van der Waals surface area contributed by atoms with Crippen LogP contribution in [0.2, 0.25) is 0 Å². The number of amides is 1. The average Bonchev–Trinajstić information content (AvgIpc) is 3.67. The van der Waals surface area contributed by atoms with Crippen LogP contribution in [-0.4, -0.2) is 46.9 Å². The summed E-state index contributed by atoms with van der Waals surface area (Å²) in [5.41, 5.74) is 1.75. The summed E-state index contributed by atoms with van der Waals surface area (Å²) < 4.78 is 46.2. The maximum absolute atomic E-state index is 14.0. The molecule has 0 atom stereocenters. The smallest absolute Gasteiger partial charge is 0.355 e. The summed E-state index contributed by atoms with van der Waals surface area (Å²) in [4.78, 5) is 20.8. The van der Waals surface area contributed by atoms with Gasteiger partial charge in [-0.1, -0.05) is 6.92 Å². The van der Waals surface area contributed by atoms with Crippen molar-refractivity contribution in [3.05, 3.63) is 77.8 Å². The molecule has 0 unspecified atom stereocenters. The third-order valence-electron chi connectivity index (χ3n) is 6.21. The van der Waals surface area contributed by atoms with Gasteiger partial charge >= 0.3 is 6.18 Å². The Kier molecular flexibility index (Phi) is 6.95. The molecule has 4 aromatic heterocycles. The minimum Gasteiger partial charge on any atom is -0.355 e. The second-order valence-electron chi connectivity index (χ2n) is 8.79. The Bertz CT molecular complexity index is 1740. The lowest BCUT2D eigenvalue weighted by Crippen LogP contribution is -2.19. The van der Waals surface area contributed by atoms with Gasteiger partial charge < -0.3 is 10.6 Å². The molecule has 11 nitrogen and oxygen atoms in total. The number of fused-ring (bicyclic) bond motifs is 1. The van der Waals surface area contributed by atoms with E-state index in [1.54, 1.807) is 31.4 Å². The Balaban J connectivity index is 1.50. The number of hydrogen-bond donors (Lipinski definition) is 2. The summed E-state index contributed by atoms with van der Waals surface area (Å²) in [6.07, 6.45) is 3.10. The van der Waals surface area contributed by atoms with Gasteiger partial charge in [0, 0.05) is 43.1 Å². The van der Waals surface area contributed by atoms with Crippen molar-refractivity contribution >= 4 is 23.1 Å². The Hall–Kier alpha value is -5.19. The molecular weight excluding hydrogens is 525 g/mol. The molecule has 0 radical (unpaired) electrons. The quantitative estimate of drug-likeness (QED) is 0.299. The number of aryl methyl sites for hydroxylation is 1. The lowest BCUT2D eigenvalue weighted by atomic mass is 10.0. The predicted octanol–water partition coefficient (Wildman–Crippen LogP) is 4.05. The zero-order valence-corrected chi connectivity index (χ0v) is 21.4. The molecule has 0 spiro atoms. The molecule has 0 saturated heterocycles. The van der Waals surface area contributed by atoms with E-state index in [1.165, 1.54) is 33.9 Å². The highest BCUT2D eigenvalue weighted by Gasteiger charge is 2.38. The number of nitrogens with zero attached hydrogens (tertiary/aromatic N) is 8. The van der Waals surface area contributed by atoms with Crippen molar-refractivity contribution in [1.82, 2.24) is 39.2 Å². The zero-order chi connectivity index (χ0) is 28.4. The van der Waals surface area contributed by atoms with Crippen LogP contribution in [0.5, 0.6) is 0 Å². The van der Waals surface area contributed by atoms with Crippen LogP contribution in [0.3, 0.4) is 0 Å². The van der Waals surface area contributed by atoms with Crippen molar-refractivity contribution in [1.29, 1.82) is 5.26 Å². The number of carbonyl (C=O) groups is 1. The number of alkyl halides is 3. The molecule has 0 bridgehead atoms. The first-order chi connectivity index (χ1) is 19.2. The maximum atomic E-state index is 14.0. The molecular formula is C26H23F3N10O. The molecule has 0 aliphatic rings. The number of benzene rings is 1. The second kappa shape index (κ2) is 10.5. The minimum atomic E-state index is -4.72. The van der Waals surface area contributed by atoms with Gasteiger partial charge in [0.2, 0.25) is 0 Å². The van der Waals surface area contributed by atoms with E-state index in [4.69, 9.17) is 5.26 Å². The normalized spacial score (nSPS) is 11.5. The van der Waals surface area contributed by atoms with E-state index in [1.807, 2.05) is 19.1 Å². The molecule has 0 aliphatic heterocycles. The van der Waals surface area contributed by atoms with Crippen molar-refractivity contribution in [3.8, 4) is 17.3 Å². The molecule has 14 heteroatoms. The Morgan fingerprint density at radius 3 is 2.67 bits per heavy atom. The van der Waals surface area contributed by atoms with Crippen LogP contribution in [0.15, 0.2) is 55.2 Å². The minimum absolute atomic E-state index is 0.0155. The van der Waals surface area contributed by atoms with Crippen molar-refractivity contribution < 1.29 is 18.0 Å². The first-order valence-corrected chi connectivity index (χ1v) is 12.2. The number of aromatic nitrogens is 7. The van der Waals surface area contributed by atoms with Gasteiger partial charge in [-0.05, 0) is 36.2 Å². The van der Waals surface area contributed by atoms with Gasteiger partial charge in [0.15, 0.2) is 17.2 Å². The molecule has 204 valence electrons. The summed E-state index contributed by atoms with van der Waals surface area (Å²) in [6, 6.07) is 8.82. The SMILES string of the molecule is CCc1cc(Nc2nccn3c(-c4cn(Cc5ccn(CC#N)n5)nc4C(F)(F)F)cnc23)ccc1C(=O)NC. The number of carbonyl (C=O) groups excluding carboxylic acids is 1. The van der Waals surface area contributed by atoms with Gasteiger partial charge in [-0.2, -0.15) is 28.6 Å². The highest BCUT2D eigenvalue weighted by molar-refractivity contribution is 5.96. The zero-order valence-electron chi connectivity index (χ0n) is 21.4. The first kappa shape index (κ1) is 26.4. The highest BCUT2D eigenvalue weighted by Crippen LogP contribution is 2.37. The van der Waals surface area contributed by atoms with Crippen molar-refractivity contribution in [3.63, 3.8) is 0 Å². The van der Waals surface area contributed by atoms with Crippen LogP contribution in [0.4, 0.5) is 24.7 Å². The fourth-order valence-electron chi connectivity index (χ4n) is 4.38. The van der Waals surface area contributed by atoms with Crippen LogP contribution < -0.4 is 10.6 Å². The molecule has 5 rings (SSSR count). The van der Waals surface area contributed by atoms with E-state index in [0.29, 0.717) is 34.8 Å². The molecule has 4 heterocycles. The average molecular weight is 549 g/mol. The van der Waals surface area contributed by atoms with Crippen LogP contribution in [0.1, 0.15) is 34.2 Å². The predicted molar refractivity (Wildman–Crippen MR) is 139 cm³/mol. The largest absolute Gasteiger partial charge is 0.435 e. The fraction of sp³-hybridized carbons (Fsp3) is 0.231. The van der Waals surface area contributed by atoms with Gasteiger partial charge in [0.1, 0.15) is 6.54 Å². The number of hydrogen-bond acceptors (Lipinski definition) is 7. The highest BCUT2D eigenvalue weighted by atomic mass is 19.4. The van der Waals surface area contributed by atoms with Gasteiger partial charge in [0.05, 0.1) is 35.8 Å². The molecule has 1 amide bonds. The molecule has 5 aromatic rings. The number of rotatable bonds is 8. The summed E-state index contributed by atoms with van der Waals surface area (Å²) in [7, 11) is 1.56. The topological polar surface area (TPSA) is 131 Å². The fourth-order valence-corrected chi connectivity index (χ4v) is 4.38. The third kappa shape index (κ3) is 5.08. The maximum Gasteiger partial charge on any atom is 0.435 e. The molecule has 0 saturated carbocycles. The van der Waals surface area contributed by atoms with E-state index < -0.39 is 11.9 Å². The number of anilines is 2. The third-order valence-corrected chi connectivity index (χ3v) is 6.21. The van der Waals surface area contributed by atoms with E-state index in [2.05, 4.69) is 30.8 Å². The monoisotopic (exact) mass is 548 g/mol. The van der Waals surface area contributed by atoms with Gasteiger partial charge in [-0.25, -0.2) is 9.97 Å². The van der Waals surface area contributed by atoms with Crippen molar-refractivity contribution in [2.24, 2.45) is 0 Å². The van der Waals surface area contributed by atoms with E-state index in [0.717, 1.165) is 10.2 Å². The summed E-state index contributed by atoms with van der Waals surface area (Å²) in [6.45, 7) is 1.95. The molecule has 2 N–H and O–H groups in total. The summed E-state index contributed by atoms with van der Waals surface area (Å²) in [5, 5.41) is 22.6. The standard InChI is InChI=1S/C26H23F3N10O/c1-3-16-12-17(4-5-19(16)25(40)31-2)34-23-24-33-13-21(39(24)11-8-32-23)20-15-38(36-22(20)26(27,28)29)14-18-6-9-37(35-18)10-7-30/h4-6,8-9,11-13,15H,3,10,14H2,1-2H3,(H,31,40)(H,32,34). The summed E-state index contributed by atoms with van der Waals surface area (Å²) >= 11 is 0. The molecule has 0 aliphatic carbocycles. The van der Waals surface area contributed by atoms with Crippen molar-refractivity contribution in [2.75, 3.05) is 12.4 Å². The van der Waals surface area contributed by atoms with Crippen LogP contribution >= 0.6 is 0 Å². The van der Waals surface area contributed by atoms with Gasteiger partial charge in [-0.15, -0.1) is 0 Å². The van der Waals surface area contributed by atoms with Crippen molar-refractivity contribution in [2.45, 2.75) is 32.6 Å². The van der Waals surface area contributed by atoms with E-state index in [9.17, 15) is 18.0 Å². The second-order valence-corrected chi connectivity index (χ2v) is 8.79. The van der Waals surface area contributed by atoms with E-state index >= 15 is 0 Å². The molecule has 40 heavy (non-hydrogen) atoms. The lowest BCUT2D eigenvalue weighted by molar-refractivity contribution is -0.141. The van der Waals surface area contributed by atoms with Crippen LogP contribution in [0.25, 0.3) is 16.9 Å². The Morgan fingerprint density at radius 1 is 1.12 bits per heavy atom. The summed E-state index contributed by atoms with van der Waals surface area (Å²) in [5.74, 6) is 0.130. The van der Waals surface area contributed by atoms with E-state index in [-0.39, 0.29) is 30.3 Å². The number of nitriles is 1. The molecule has 1 aromatic carbocycles. The number of nitrogens with one attached hydrogen (secondary N) is 2. The number of halogens is 3. The Labute approximate surface area is 225 Å².